The zero-order chi connectivity index (χ0) is 20.1. The smallest absolute Gasteiger partial charge is 0.370 e. The van der Waals surface area contributed by atoms with Gasteiger partial charge in [0, 0.05) is 51.0 Å². The number of benzene rings is 1. The van der Waals surface area contributed by atoms with E-state index >= 15 is 0 Å². The summed E-state index contributed by atoms with van der Waals surface area (Å²) < 4.78 is 50.5. The minimum Gasteiger partial charge on any atom is -0.370 e. The molecule has 0 atom stereocenters. The number of nitrogens with zero attached hydrogens (tertiary/aromatic N) is 3. The van der Waals surface area contributed by atoms with Crippen molar-refractivity contribution < 1.29 is 22.4 Å². The SMILES string of the molecule is O=C(CCNc1ccc(C(F)(F)F)cn1)N1CCN(c2ccc(F)cc2)CC1. The lowest BCUT2D eigenvalue weighted by Gasteiger charge is -2.36. The molecule has 1 fully saturated rings. The number of aromatic nitrogens is 1. The number of pyridine rings is 1. The fourth-order valence-electron chi connectivity index (χ4n) is 2.99. The van der Waals surface area contributed by atoms with Crippen molar-refractivity contribution in [2.24, 2.45) is 0 Å². The lowest BCUT2D eigenvalue weighted by atomic mass is 10.2. The van der Waals surface area contributed by atoms with E-state index in [0.717, 1.165) is 18.0 Å². The Kier molecular flexibility index (Phi) is 6.01. The first-order valence-corrected chi connectivity index (χ1v) is 8.88. The van der Waals surface area contributed by atoms with E-state index in [0.29, 0.717) is 32.0 Å². The molecule has 0 radical (unpaired) electrons. The van der Waals surface area contributed by atoms with Crippen LogP contribution in [0.2, 0.25) is 0 Å². The summed E-state index contributed by atoms with van der Waals surface area (Å²) in [6.07, 6.45) is -3.43. The van der Waals surface area contributed by atoms with Gasteiger partial charge in [-0.2, -0.15) is 13.2 Å². The Morgan fingerprint density at radius 3 is 2.29 bits per heavy atom. The van der Waals surface area contributed by atoms with Gasteiger partial charge in [0.15, 0.2) is 0 Å². The van der Waals surface area contributed by atoms with Crippen LogP contribution in [0.15, 0.2) is 42.6 Å². The van der Waals surface area contributed by atoms with Crippen molar-refractivity contribution in [3.05, 3.63) is 54.0 Å². The molecule has 1 saturated heterocycles. The first kappa shape index (κ1) is 19.9. The maximum atomic E-state index is 13.0. The van der Waals surface area contributed by atoms with Crippen LogP contribution in [0.5, 0.6) is 0 Å². The van der Waals surface area contributed by atoms with Crippen molar-refractivity contribution in [2.75, 3.05) is 42.9 Å². The van der Waals surface area contributed by atoms with Crippen molar-refractivity contribution in [3.8, 4) is 0 Å². The number of hydrogen-bond acceptors (Lipinski definition) is 4. The van der Waals surface area contributed by atoms with Gasteiger partial charge in [0.2, 0.25) is 5.91 Å². The van der Waals surface area contributed by atoms with Crippen LogP contribution in [0, 0.1) is 5.82 Å². The lowest BCUT2D eigenvalue weighted by molar-refractivity contribution is -0.137. The number of hydrogen-bond donors (Lipinski definition) is 1. The third kappa shape index (κ3) is 5.11. The first-order chi connectivity index (χ1) is 13.3. The molecule has 0 unspecified atom stereocenters. The zero-order valence-electron chi connectivity index (χ0n) is 15.0. The fraction of sp³-hybridized carbons (Fsp3) is 0.368. The summed E-state index contributed by atoms with van der Waals surface area (Å²) in [6, 6.07) is 8.45. The Morgan fingerprint density at radius 2 is 1.71 bits per heavy atom. The molecule has 0 aliphatic carbocycles. The molecular formula is C19H20F4N4O. The maximum absolute atomic E-state index is 13.0. The number of carbonyl (C=O) groups is 1. The molecule has 0 bridgehead atoms. The Hall–Kier alpha value is -2.84. The Labute approximate surface area is 160 Å². The number of carbonyl (C=O) groups excluding carboxylic acids is 1. The molecule has 1 aromatic heterocycles. The van der Waals surface area contributed by atoms with Crippen molar-refractivity contribution in [1.82, 2.24) is 9.88 Å². The van der Waals surface area contributed by atoms with Crippen LogP contribution in [0.1, 0.15) is 12.0 Å². The molecule has 2 heterocycles. The van der Waals surface area contributed by atoms with Crippen LogP contribution in [0.25, 0.3) is 0 Å². The molecule has 1 aliphatic rings. The Morgan fingerprint density at radius 1 is 1.04 bits per heavy atom. The van der Waals surface area contributed by atoms with E-state index in [1.807, 2.05) is 0 Å². The van der Waals surface area contributed by atoms with E-state index in [1.165, 1.54) is 18.2 Å². The highest BCUT2D eigenvalue weighted by Crippen LogP contribution is 2.28. The molecule has 1 aromatic carbocycles. The van der Waals surface area contributed by atoms with Gasteiger partial charge in [-0.05, 0) is 36.4 Å². The highest BCUT2D eigenvalue weighted by atomic mass is 19.4. The molecule has 3 rings (SSSR count). The van der Waals surface area contributed by atoms with Crippen LogP contribution in [-0.4, -0.2) is 48.5 Å². The number of alkyl halides is 3. The summed E-state index contributed by atoms with van der Waals surface area (Å²) in [6.45, 7) is 2.73. The largest absolute Gasteiger partial charge is 0.417 e. The highest BCUT2D eigenvalue weighted by molar-refractivity contribution is 5.77. The number of halogens is 4. The molecule has 0 saturated carbocycles. The normalized spacial score (nSPS) is 14.9. The summed E-state index contributed by atoms with van der Waals surface area (Å²) in [5, 5.41) is 2.86. The third-order valence-electron chi connectivity index (χ3n) is 4.56. The average Bonchev–Trinajstić information content (AvgIpc) is 2.68. The van der Waals surface area contributed by atoms with E-state index in [-0.39, 0.29) is 24.7 Å². The molecule has 0 spiro atoms. The minimum absolute atomic E-state index is 0.0295. The van der Waals surface area contributed by atoms with Crippen molar-refractivity contribution >= 4 is 17.4 Å². The van der Waals surface area contributed by atoms with Crippen LogP contribution in [0.3, 0.4) is 0 Å². The summed E-state index contributed by atoms with van der Waals surface area (Å²) in [5.41, 5.74) is 0.108. The number of amides is 1. The average molecular weight is 396 g/mol. The van der Waals surface area contributed by atoms with Gasteiger partial charge in [-0.1, -0.05) is 0 Å². The topological polar surface area (TPSA) is 48.5 Å². The van der Waals surface area contributed by atoms with E-state index in [4.69, 9.17) is 0 Å². The second-order valence-electron chi connectivity index (χ2n) is 6.45. The fourth-order valence-corrected chi connectivity index (χ4v) is 2.99. The molecule has 28 heavy (non-hydrogen) atoms. The van der Waals surface area contributed by atoms with Gasteiger partial charge in [0.25, 0.3) is 0 Å². The summed E-state index contributed by atoms with van der Waals surface area (Å²) >= 11 is 0. The maximum Gasteiger partial charge on any atom is 0.417 e. The monoisotopic (exact) mass is 396 g/mol. The number of rotatable bonds is 5. The van der Waals surface area contributed by atoms with Crippen LogP contribution >= 0.6 is 0 Å². The number of piperazine rings is 1. The van der Waals surface area contributed by atoms with Crippen LogP contribution in [-0.2, 0) is 11.0 Å². The number of anilines is 2. The van der Waals surface area contributed by atoms with E-state index < -0.39 is 11.7 Å². The Balaban J connectivity index is 1.41. The standard InChI is InChI=1S/C19H20F4N4O/c20-15-2-4-16(5-3-15)26-9-11-27(12-10-26)18(28)7-8-24-17-6-1-14(13-25-17)19(21,22)23/h1-6,13H,7-12H2,(H,24,25). The number of nitrogens with one attached hydrogen (secondary N) is 1. The molecule has 1 amide bonds. The molecule has 5 nitrogen and oxygen atoms in total. The van der Waals surface area contributed by atoms with Gasteiger partial charge in [0.05, 0.1) is 5.56 Å². The van der Waals surface area contributed by atoms with Crippen LogP contribution < -0.4 is 10.2 Å². The van der Waals surface area contributed by atoms with Gasteiger partial charge in [-0.3, -0.25) is 4.79 Å². The van der Waals surface area contributed by atoms with Gasteiger partial charge < -0.3 is 15.1 Å². The lowest BCUT2D eigenvalue weighted by Crippen LogP contribution is -2.49. The highest BCUT2D eigenvalue weighted by Gasteiger charge is 2.30. The van der Waals surface area contributed by atoms with E-state index in [1.54, 1.807) is 17.0 Å². The minimum atomic E-state index is -4.42. The van der Waals surface area contributed by atoms with Crippen molar-refractivity contribution in [2.45, 2.75) is 12.6 Å². The predicted octanol–water partition coefficient (Wildman–Crippen LogP) is 3.39. The zero-order valence-corrected chi connectivity index (χ0v) is 15.0. The first-order valence-electron chi connectivity index (χ1n) is 8.88. The summed E-state index contributed by atoms with van der Waals surface area (Å²) in [4.78, 5) is 19.9. The molecule has 1 aliphatic heterocycles. The van der Waals surface area contributed by atoms with Gasteiger partial charge >= 0.3 is 6.18 Å². The molecule has 1 N–H and O–H groups in total. The molecule has 9 heteroatoms. The summed E-state index contributed by atoms with van der Waals surface area (Å²) in [7, 11) is 0. The van der Waals surface area contributed by atoms with Gasteiger partial charge in [-0.15, -0.1) is 0 Å². The van der Waals surface area contributed by atoms with Gasteiger partial charge in [0.1, 0.15) is 11.6 Å². The Bertz CT molecular complexity index is 785. The quantitative estimate of drug-likeness (QED) is 0.788. The summed E-state index contributed by atoms with van der Waals surface area (Å²) in [5.74, 6) is -0.0207. The second kappa shape index (κ2) is 8.45. The molecular weight excluding hydrogens is 376 g/mol. The molecule has 150 valence electrons. The van der Waals surface area contributed by atoms with Gasteiger partial charge in [-0.25, -0.2) is 9.37 Å². The molecule has 2 aromatic rings. The van der Waals surface area contributed by atoms with E-state index in [9.17, 15) is 22.4 Å². The van der Waals surface area contributed by atoms with E-state index in [2.05, 4.69) is 15.2 Å². The van der Waals surface area contributed by atoms with Crippen molar-refractivity contribution in [1.29, 1.82) is 0 Å². The second-order valence-corrected chi connectivity index (χ2v) is 6.45. The predicted molar refractivity (Wildman–Crippen MR) is 97.5 cm³/mol. The third-order valence-corrected chi connectivity index (χ3v) is 4.56. The van der Waals surface area contributed by atoms with Crippen molar-refractivity contribution in [3.63, 3.8) is 0 Å². The van der Waals surface area contributed by atoms with Crippen LogP contribution in [0.4, 0.5) is 29.1 Å².